The molecule has 3 heterocycles. The van der Waals surface area contributed by atoms with Crippen LogP contribution in [0.3, 0.4) is 0 Å². The highest BCUT2D eigenvalue weighted by molar-refractivity contribution is 5.97. The number of carbonyl (C=O) groups excluding carboxylic acids is 1. The molecule has 0 spiro atoms. The van der Waals surface area contributed by atoms with E-state index in [1.54, 1.807) is 0 Å². The number of aromatic nitrogens is 2. The fraction of sp³-hybridized carbons (Fsp3) is 0.346. The van der Waals surface area contributed by atoms with Crippen LogP contribution >= 0.6 is 0 Å². The highest BCUT2D eigenvalue weighted by atomic mass is 16.5. The fourth-order valence-electron chi connectivity index (χ4n) is 4.36. The number of nitrogens with zero attached hydrogens (tertiary/aromatic N) is 3. The van der Waals surface area contributed by atoms with Crippen molar-refractivity contribution in [2.75, 3.05) is 36.5 Å². The van der Waals surface area contributed by atoms with E-state index in [1.807, 2.05) is 54.6 Å². The van der Waals surface area contributed by atoms with E-state index < -0.39 is 5.91 Å². The molecule has 2 aliphatic rings. The van der Waals surface area contributed by atoms with Crippen molar-refractivity contribution in [1.82, 2.24) is 9.97 Å². The number of ether oxygens (including phenoxy) is 2. The summed E-state index contributed by atoms with van der Waals surface area (Å²) >= 11 is 0. The van der Waals surface area contributed by atoms with Crippen molar-refractivity contribution >= 4 is 23.1 Å². The Balaban J connectivity index is 1.45. The largest absolute Gasteiger partial charge is 0.470 e. The molecule has 5 rings (SSSR count). The molecule has 0 radical (unpaired) electrons. The minimum Gasteiger partial charge on any atom is -0.470 e. The topological polar surface area (TPSA) is 129 Å². The molecule has 2 aliphatic heterocycles. The first-order chi connectivity index (χ1) is 17.1. The lowest BCUT2D eigenvalue weighted by atomic mass is 10.1. The Kier molecular flexibility index (Phi) is 6.78. The molecule has 1 aromatic heterocycles. The summed E-state index contributed by atoms with van der Waals surface area (Å²) in [5.41, 5.74) is 14.9. The molecule has 0 aliphatic carbocycles. The third-order valence-corrected chi connectivity index (χ3v) is 6.35. The van der Waals surface area contributed by atoms with Gasteiger partial charge in [0.2, 0.25) is 5.88 Å². The second-order valence-corrected chi connectivity index (χ2v) is 8.90. The summed E-state index contributed by atoms with van der Waals surface area (Å²) in [6.45, 7) is 3.01. The number of rotatable bonds is 7. The molecule has 1 amide bonds. The van der Waals surface area contributed by atoms with Gasteiger partial charge < -0.3 is 31.2 Å². The number of primary amides is 1. The van der Waals surface area contributed by atoms with Gasteiger partial charge in [0, 0.05) is 42.5 Å². The van der Waals surface area contributed by atoms with E-state index in [4.69, 9.17) is 20.9 Å². The van der Waals surface area contributed by atoms with Crippen LogP contribution in [0, 0.1) is 0 Å². The Bertz CT molecular complexity index is 1160. The number of nitrogens with one attached hydrogen (secondary N) is 1. The molecule has 1 atom stereocenters. The average Bonchev–Trinajstić information content (AvgIpc) is 3.39. The van der Waals surface area contributed by atoms with Gasteiger partial charge in [-0.15, -0.1) is 0 Å². The van der Waals surface area contributed by atoms with Crippen LogP contribution < -0.4 is 26.4 Å². The number of hydrogen-bond acceptors (Lipinski definition) is 8. The molecule has 9 nitrogen and oxygen atoms in total. The smallest absolute Gasteiger partial charge is 0.271 e. The minimum absolute atomic E-state index is 0.0490. The van der Waals surface area contributed by atoms with E-state index in [1.165, 1.54) is 0 Å². The van der Waals surface area contributed by atoms with Gasteiger partial charge in [-0.3, -0.25) is 4.79 Å². The number of amides is 1. The zero-order valence-electron chi connectivity index (χ0n) is 19.5. The van der Waals surface area contributed by atoms with Crippen LogP contribution in [0.25, 0.3) is 11.3 Å². The highest BCUT2D eigenvalue weighted by Gasteiger charge is 2.24. The van der Waals surface area contributed by atoms with Crippen molar-refractivity contribution in [3.05, 3.63) is 60.3 Å². The summed E-state index contributed by atoms with van der Waals surface area (Å²) in [7, 11) is 0. The number of benzene rings is 2. The summed E-state index contributed by atoms with van der Waals surface area (Å²) in [5, 5.41) is 3.21. The van der Waals surface area contributed by atoms with Crippen molar-refractivity contribution < 1.29 is 14.3 Å². The van der Waals surface area contributed by atoms with E-state index in [-0.39, 0.29) is 23.7 Å². The maximum Gasteiger partial charge on any atom is 0.271 e. The average molecular weight is 475 g/mol. The molecule has 2 saturated heterocycles. The summed E-state index contributed by atoms with van der Waals surface area (Å²) in [6.07, 6.45) is 2.61. The van der Waals surface area contributed by atoms with Gasteiger partial charge >= 0.3 is 0 Å². The second-order valence-electron chi connectivity index (χ2n) is 8.90. The molecule has 0 saturated carbocycles. The zero-order valence-corrected chi connectivity index (χ0v) is 19.5. The number of anilines is 3. The van der Waals surface area contributed by atoms with Crippen molar-refractivity contribution in [3.63, 3.8) is 0 Å². The Morgan fingerprint density at radius 3 is 2.43 bits per heavy atom. The Labute approximate surface area is 204 Å². The zero-order chi connectivity index (χ0) is 24.2. The summed E-state index contributed by atoms with van der Waals surface area (Å²) in [4.78, 5) is 23.9. The first-order valence-corrected chi connectivity index (χ1v) is 12.0. The first kappa shape index (κ1) is 23.1. The van der Waals surface area contributed by atoms with Crippen LogP contribution in [0.1, 0.15) is 29.8 Å². The summed E-state index contributed by atoms with van der Waals surface area (Å²) < 4.78 is 11.6. The third kappa shape index (κ3) is 5.36. The van der Waals surface area contributed by atoms with Gasteiger partial charge in [-0.25, -0.2) is 4.98 Å². The van der Waals surface area contributed by atoms with Crippen molar-refractivity contribution in [2.24, 2.45) is 11.5 Å². The van der Waals surface area contributed by atoms with Crippen LogP contribution in [-0.2, 0) is 4.74 Å². The minimum atomic E-state index is -0.672. The van der Waals surface area contributed by atoms with E-state index in [2.05, 4.69) is 20.2 Å². The molecule has 2 aromatic carbocycles. The van der Waals surface area contributed by atoms with Crippen molar-refractivity contribution in [3.8, 4) is 17.1 Å². The van der Waals surface area contributed by atoms with Gasteiger partial charge in [0.05, 0.1) is 13.2 Å². The molecule has 182 valence electrons. The van der Waals surface area contributed by atoms with E-state index >= 15 is 0 Å². The number of piperidine rings is 1. The van der Waals surface area contributed by atoms with E-state index in [0.29, 0.717) is 24.8 Å². The molecule has 5 N–H and O–H groups in total. The molecular formula is C26H30N6O3. The molecule has 35 heavy (non-hydrogen) atoms. The van der Waals surface area contributed by atoms with Gasteiger partial charge in [-0.2, -0.15) is 4.98 Å². The van der Waals surface area contributed by atoms with E-state index in [9.17, 15) is 4.79 Å². The Morgan fingerprint density at radius 2 is 1.77 bits per heavy atom. The van der Waals surface area contributed by atoms with Crippen molar-refractivity contribution in [1.29, 1.82) is 0 Å². The maximum absolute atomic E-state index is 12.3. The van der Waals surface area contributed by atoms with E-state index in [0.717, 1.165) is 49.3 Å². The SMILES string of the molecule is NC(=O)c1nc(-c2ccccc2)c(O[C@H]2CCOC2)nc1Nc1ccc(N2CCC(N)CC2)cc1. The summed E-state index contributed by atoms with van der Waals surface area (Å²) in [5.74, 6) is -0.0857. The van der Waals surface area contributed by atoms with Crippen LogP contribution in [0.4, 0.5) is 17.2 Å². The highest BCUT2D eigenvalue weighted by Crippen LogP contribution is 2.32. The quantitative estimate of drug-likeness (QED) is 0.477. The van der Waals surface area contributed by atoms with Gasteiger partial charge in [-0.05, 0) is 37.1 Å². The van der Waals surface area contributed by atoms with Crippen LogP contribution in [0.2, 0.25) is 0 Å². The van der Waals surface area contributed by atoms with Crippen molar-refractivity contribution in [2.45, 2.75) is 31.4 Å². The molecule has 3 aromatic rings. The monoisotopic (exact) mass is 474 g/mol. The normalized spacial score (nSPS) is 18.4. The third-order valence-electron chi connectivity index (χ3n) is 6.35. The maximum atomic E-state index is 12.3. The Morgan fingerprint density at radius 1 is 1.03 bits per heavy atom. The molecule has 9 heteroatoms. The molecular weight excluding hydrogens is 444 g/mol. The molecule has 0 bridgehead atoms. The number of hydrogen-bond donors (Lipinski definition) is 3. The van der Waals surface area contributed by atoms with Crippen LogP contribution in [0.15, 0.2) is 54.6 Å². The standard InChI is InChI=1S/C26H30N6O3/c27-18-10-13-32(14-11-18)20-8-6-19(7-9-20)29-25-23(24(28)33)30-22(17-4-2-1-3-5-17)26(31-25)35-21-12-15-34-16-21/h1-9,18,21H,10-16,27H2,(H2,28,33)(H,29,31)/t21-/m0/s1. The Hall–Kier alpha value is -3.69. The lowest BCUT2D eigenvalue weighted by molar-refractivity contribution is 0.0995. The number of carbonyl (C=O) groups is 1. The van der Waals surface area contributed by atoms with Crippen LogP contribution in [0.5, 0.6) is 5.88 Å². The summed E-state index contributed by atoms with van der Waals surface area (Å²) in [6, 6.07) is 17.8. The van der Waals surface area contributed by atoms with Gasteiger partial charge in [0.15, 0.2) is 11.5 Å². The first-order valence-electron chi connectivity index (χ1n) is 12.0. The van der Waals surface area contributed by atoms with Crippen LogP contribution in [-0.4, -0.2) is 54.3 Å². The predicted octanol–water partition coefficient (Wildman–Crippen LogP) is 3.08. The lowest BCUT2D eigenvalue weighted by Crippen LogP contribution is -2.39. The van der Waals surface area contributed by atoms with Gasteiger partial charge in [0.1, 0.15) is 11.8 Å². The molecule has 2 fully saturated rings. The second kappa shape index (κ2) is 10.3. The fourth-order valence-corrected chi connectivity index (χ4v) is 4.36. The lowest BCUT2D eigenvalue weighted by Gasteiger charge is -2.32. The van der Waals surface area contributed by atoms with Gasteiger partial charge in [0.25, 0.3) is 5.91 Å². The number of nitrogens with two attached hydrogens (primary N) is 2. The molecule has 0 unspecified atom stereocenters. The predicted molar refractivity (Wildman–Crippen MR) is 135 cm³/mol. The van der Waals surface area contributed by atoms with Gasteiger partial charge in [-0.1, -0.05) is 30.3 Å².